The molecule has 0 aliphatic carbocycles. The van der Waals surface area contributed by atoms with E-state index in [1.165, 1.54) is 5.56 Å². The second-order valence-electron chi connectivity index (χ2n) is 6.59. The third kappa shape index (κ3) is 4.52. The number of rotatable bonds is 5. The number of hydrogen-bond donors (Lipinski definition) is 0. The standard InChI is InChI=1S/C21H26N2O2S/c1-16-7-9-20(10-8-16)26-17(2)21(24)23-13-11-22(12-14-23)18-5-4-6-19(15-18)25-3/h4-10,15,17H,11-14H2,1-3H3/t17-/m1/s1. The smallest absolute Gasteiger partial charge is 0.235 e. The van der Waals surface area contributed by atoms with E-state index >= 15 is 0 Å². The summed E-state index contributed by atoms with van der Waals surface area (Å²) in [4.78, 5) is 18.2. The van der Waals surface area contributed by atoms with Gasteiger partial charge in [-0.15, -0.1) is 11.8 Å². The first kappa shape index (κ1) is 18.6. The molecule has 0 aromatic heterocycles. The highest BCUT2D eigenvalue weighted by Crippen LogP contribution is 2.26. The Labute approximate surface area is 160 Å². The van der Waals surface area contributed by atoms with Gasteiger partial charge in [0.2, 0.25) is 5.91 Å². The van der Waals surface area contributed by atoms with Crippen molar-refractivity contribution in [3.63, 3.8) is 0 Å². The highest BCUT2D eigenvalue weighted by Gasteiger charge is 2.25. The first-order chi connectivity index (χ1) is 12.6. The average molecular weight is 371 g/mol. The van der Waals surface area contributed by atoms with Gasteiger partial charge in [0.05, 0.1) is 12.4 Å². The molecule has 0 unspecified atom stereocenters. The molecule has 1 atom stereocenters. The van der Waals surface area contributed by atoms with Crippen LogP contribution in [0.1, 0.15) is 12.5 Å². The summed E-state index contributed by atoms with van der Waals surface area (Å²) in [6, 6.07) is 16.5. The van der Waals surface area contributed by atoms with E-state index in [-0.39, 0.29) is 11.2 Å². The Bertz CT molecular complexity index is 740. The third-order valence-corrected chi connectivity index (χ3v) is 5.79. The van der Waals surface area contributed by atoms with Crippen molar-refractivity contribution >= 4 is 23.4 Å². The summed E-state index contributed by atoms with van der Waals surface area (Å²) >= 11 is 1.63. The highest BCUT2D eigenvalue weighted by atomic mass is 32.2. The molecule has 1 aliphatic rings. The fraction of sp³-hybridized carbons (Fsp3) is 0.381. The minimum Gasteiger partial charge on any atom is -0.497 e. The number of thioether (sulfide) groups is 1. The van der Waals surface area contributed by atoms with E-state index in [9.17, 15) is 4.79 Å². The molecule has 4 nitrogen and oxygen atoms in total. The number of nitrogens with zero attached hydrogens (tertiary/aromatic N) is 2. The van der Waals surface area contributed by atoms with Gasteiger partial charge < -0.3 is 14.5 Å². The summed E-state index contributed by atoms with van der Waals surface area (Å²) in [6.07, 6.45) is 0. The Balaban J connectivity index is 1.55. The van der Waals surface area contributed by atoms with Gasteiger partial charge in [-0.25, -0.2) is 0 Å². The molecule has 0 N–H and O–H groups in total. The zero-order chi connectivity index (χ0) is 18.5. The monoisotopic (exact) mass is 370 g/mol. The number of aryl methyl sites for hydroxylation is 1. The predicted molar refractivity (Wildman–Crippen MR) is 108 cm³/mol. The van der Waals surface area contributed by atoms with Crippen molar-refractivity contribution in [1.82, 2.24) is 4.90 Å². The van der Waals surface area contributed by atoms with Gasteiger partial charge in [-0.05, 0) is 38.1 Å². The number of piperazine rings is 1. The molecule has 3 rings (SSSR count). The van der Waals surface area contributed by atoms with Gasteiger partial charge in [-0.1, -0.05) is 23.8 Å². The maximum atomic E-state index is 12.8. The van der Waals surface area contributed by atoms with Crippen LogP contribution < -0.4 is 9.64 Å². The van der Waals surface area contributed by atoms with E-state index in [4.69, 9.17) is 4.74 Å². The molecular weight excluding hydrogens is 344 g/mol. The van der Waals surface area contributed by atoms with Crippen molar-refractivity contribution in [1.29, 1.82) is 0 Å². The average Bonchev–Trinajstić information content (AvgIpc) is 2.69. The van der Waals surface area contributed by atoms with Crippen LogP contribution in [0.15, 0.2) is 53.4 Å². The number of benzene rings is 2. The summed E-state index contributed by atoms with van der Waals surface area (Å²) in [5.41, 5.74) is 2.39. The maximum absolute atomic E-state index is 12.8. The molecule has 138 valence electrons. The Morgan fingerprint density at radius 2 is 1.77 bits per heavy atom. The van der Waals surface area contributed by atoms with Crippen molar-refractivity contribution in [2.45, 2.75) is 24.0 Å². The molecule has 0 radical (unpaired) electrons. The lowest BCUT2D eigenvalue weighted by Gasteiger charge is -2.37. The summed E-state index contributed by atoms with van der Waals surface area (Å²) in [5, 5.41) is -0.0684. The first-order valence-corrected chi connectivity index (χ1v) is 9.86. The molecule has 1 aliphatic heterocycles. The largest absolute Gasteiger partial charge is 0.497 e. The number of carbonyl (C=O) groups is 1. The quantitative estimate of drug-likeness (QED) is 0.749. The van der Waals surface area contributed by atoms with Crippen LogP contribution in [0.3, 0.4) is 0 Å². The molecule has 2 aromatic rings. The molecular formula is C21H26N2O2S. The Kier molecular flexibility index (Phi) is 6.09. The summed E-state index contributed by atoms with van der Waals surface area (Å²) in [7, 11) is 1.68. The molecule has 26 heavy (non-hydrogen) atoms. The van der Waals surface area contributed by atoms with E-state index in [1.54, 1.807) is 18.9 Å². The number of anilines is 1. The second kappa shape index (κ2) is 8.49. The lowest BCUT2D eigenvalue weighted by Crippen LogP contribution is -2.50. The summed E-state index contributed by atoms with van der Waals surface area (Å²) in [6.45, 7) is 7.29. The van der Waals surface area contributed by atoms with Gasteiger partial charge in [-0.2, -0.15) is 0 Å². The van der Waals surface area contributed by atoms with E-state index < -0.39 is 0 Å². The number of hydrogen-bond acceptors (Lipinski definition) is 4. The minimum atomic E-state index is -0.0684. The van der Waals surface area contributed by atoms with Crippen LogP contribution in [0.5, 0.6) is 5.75 Å². The number of carbonyl (C=O) groups excluding carboxylic acids is 1. The van der Waals surface area contributed by atoms with Crippen LogP contribution in [0, 0.1) is 6.92 Å². The van der Waals surface area contributed by atoms with Crippen LogP contribution in [0.4, 0.5) is 5.69 Å². The van der Waals surface area contributed by atoms with Gasteiger partial charge in [0.15, 0.2) is 0 Å². The molecule has 1 amide bonds. The zero-order valence-electron chi connectivity index (χ0n) is 15.6. The third-order valence-electron chi connectivity index (χ3n) is 4.69. The summed E-state index contributed by atoms with van der Waals surface area (Å²) in [5.74, 6) is 1.09. The zero-order valence-corrected chi connectivity index (χ0v) is 16.5. The van der Waals surface area contributed by atoms with Crippen molar-refractivity contribution in [2.24, 2.45) is 0 Å². The molecule has 5 heteroatoms. The normalized spacial score (nSPS) is 15.7. The van der Waals surface area contributed by atoms with Gasteiger partial charge >= 0.3 is 0 Å². The molecule has 0 bridgehead atoms. The highest BCUT2D eigenvalue weighted by molar-refractivity contribution is 8.00. The SMILES string of the molecule is COc1cccc(N2CCN(C(=O)[C@@H](C)Sc3ccc(C)cc3)CC2)c1. The molecule has 0 spiro atoms. The van der Waals surface area contributed by atoms with Crippen LogP contribution in [-0.4, -0.2) is 49.3 Å². The number of methoxy groups -OCH3 is 1. The fourth-order valence-electron chi connectivity index (χ4n) is 3.12. The van der Waals surface area contributed by atoms with Crippen LogP contribution in [0.25, 0.3) is 0 Å². The van der Waals surface area contributed by atoms with Crippen molar-refractivity contribution < 1.29 is 9.53 Å². The van der Waals surface area contributed by atoms with Gasteiger partial charge in [0.1, 0.15) is 5.75 Å². The molecule has 1 fully saturated rings. The number of amides is 1. The Morgan fingerprint density at radius 3 is 2.42 bits per heavy atom. The van der Waals surface area contributed by atoms with Crippen molar-refractivity contribution in [3.05, 3.63) is 54.1 Å². The molecule has 1 saturated heterocycles. The van der Waals surface area contributed by atoms with Crippen LogP contribution in [0.2, 0.25) is 0 Å². The van der Waals surface area contributed by atoms with Crippen LogP contribution in [-0.2, 0) is 4.79 Å². The number of ether oxygens (including phenoxy) is 1. The van der Waals surface area contributed by atoms with E-state index in [0.29, 0.717) is 0 Å². The predicted octanol–water partition coefficient (Wildman–Crippen LogP) is 3.83. The van der Waals surface area contributed by atoms with E-state index in [0.717, 1.165) is 42.5 Å². The second-order valence-corrected chi connectivity index (χ2v) is 8.00. The van der Waals surface area contributed by atoms with E-state index in [1.807, 2.05) is 30.0 Å². The molecule has 0 saturated carbocycles. The van der Waals surface area contributed by atoms with Crippen LogP contribution >= 0.6 is 11.8 Å². The molecule has 2 aromatic carbocycles. The van der Waals surface area contributed by atoms with Crippen molar-refractivity contribution in [2.75, 3.05) is 38.2 Å². The van der Waals surface area contributed by atoms with Crippen molar-refractivity contribution in [3.8, 4) is 5.75 Å². The van der Waals surface area contributed by atoms with Gasteiger partial charge in [-0.3, -0.25) is 4.79 Å². The maximum Gasteiger partial charge on any atom is 0.235 e. The summed E-state index contributed by atoms with van der Waals surface area (Å²) < 4.78 is 5.31. The fourth-order valence-corrected chi connectivity index (χ4v) is 4.07. The minimum absolute atomic E-state index is 0.0684. The Hall–Kier alpha value is -2.14. The first-order valence-electron chi connectivity index (χ1n) is 8.98. The lowest BCUT2D eigenvalue weighted by molar-refractivity contribution is -0.130. The topological polar surface area (TPSA) is 32.8 Å². The van der Waals surface area contributed by atoms with Gasteiger partial charge in [0.25, 0.3) is 0 Å². The molecule has 1 heterocycles. The Morgan fingerprint density at radius 1 is 1.08 bits per heavy atom. The van der Waals surface area contributed by atoms with E-state index in [2.05, 4.69) is 42.2 Å². The lowest BCUT2D eigenvalue weighted by atomic mass is 10.2. The van der Waals surface area contributed by atoms with Gasteiger partial charge in [0, 0.05) is 42.8 Å².